The zero-order valence-electron chi connectivity index (χ0n) is 9.46. The van der Waals surface area contributed by atoms with Crippen molar-refractivity contribution < 1.29 is 5.11 Å². The minimum absolute atomic E-state index is 0.305. The number of aryl methyl sites for hydroxylation is 2. The highest BCUT2D eigenvalue weighted by Gasteiger charge is 2.01. The second kappa shape index (κ2) is 5.85. The van der Waals surface area contributed by atoms with E-state index in [0.29, 0.717) is 13.1 Å². The second-order valence-electron chi connectivity index (χ2n) is 3.95. The Bertz CT molecular complexity index is 312. The minimum Gasteiger partial charge on any atom is -0.390 e. The number of hydrogen-bond acceptors (Lipinski definition) is 3. The first-order chi connectivity index (χ1) is 7.13. The SMILES string of the molecule is Cc1ccc(CNCC(O)CN)c(C)c1. The van der Waals surface area contributed by atoms with Crippen LogP contribution in [0.3, 0.4) is 0 Å². The molecule has 0 aromatic heterocycles. The van der Waals surface area contributed by atoms with Crippen LogP contribution < -0.4 is 11.1 Å². The summed E-state index contributed by atoms with van der Waals surface area (Å²) in [5.41, 5.74) is 9.14. The molecular weight excluding hydrogens is 188 g/mol. The molecule has 0 bridgehead atoms. The predicted molar refractivity (Wildman–Crippen MR) is 62.7 cm³/mol. The summed E-state index contributed by atoms with van der Waals surface area (Å²) in [4.78, 5) is 0. The fraction of sp³-hybridized carbons (Fsp3) is 0.500. The third-order valence-electron chi connectivity index (χ3n) is 2.47. The van der Waals surface area contributed by atoms with Gasteiger partial charge in [0.15, 0.2) is 0 Å². The van der Waals surface area contributed by atoms with Crippen LogP contribution in [0.1, 0.15) is 16.7 Å². The fourth-order valence-corrected chi connectivity index (χ4v) is 1.50. The van der Waals surface area contributed by atoms with Gasteiger partial charge in [-0.05, 0) is 25.0 Å². The van der Waals surface area contributed by atoms with E-state index in [1.54, 1.807) is 0 Å². The number of benzene rings is 1. The van der Waals surface area contributed by atoms with Crippen LogP contribution in [0, 0.1) is 13.8 Å². The van der Waals surface area contributed by atoms with Gasteiger partial charge in [-0.25, -0.2) is 0 Å². The molecule has 0 amide bonds. The highest BCUT2D eigenvalue weighted by atomic mass is 16.3. The molecular formula is C12H20N2O. The third-order valence-corrected chi connectivity index (χ3v) is 2.47. The van der Waals surface area contributed by atoms with Crippen molar-refractivity contribution in [1.82, 2.24) is 5.32 Å². The fourth-order valence-electron chi connectivity index (χ4n) is 1.50. The third kappa shape index (κ3) is 4.00. The predicted octanol–water partition coefficient (Wildman–Crippen LogP) is 0.713. The average molecular weight is 208 g/mol. The van der Waals surface area contributed by atoms with E-state index in [9.17, 15) is 5.11 Å². The van der Waals surface area contributed by atoms with Crippen LogP contribution in [0.25, 0.3) is 0 Å². The van der Waals surface area contributed by atoms with Crippen molar-refractivity contribution in [2.24, 2.45) is 5.73 Å². The molecule has 3 heteroatoms. The second-order valence-corrected chi connectivity index (χ2v) is 3.95. The van der Waals surface area contributed by atoms with Gasteiger partial charge in [0.25, 0.3) is 0 Å². The number of nitrogens with one attached hydrogen (secondary N) is 1. The van der Waals surface area contributed by atoms with Crippen LogP contribution in [0.15, 0.2) is 18.2 Å². The van der Waals surface area contributed by atoms with Gasteiger partial charge in [-0.3, -0.25) is 0 Å². The van der Waals surface area contributed by atoms with E-state index in [0.717, 1.165) is 6.54 Å². The molecule has 0 heterocycles. The van der Waals surface area contributed by atoms with Crippen LogP contribution in [0.2, 0.25) is 0 Å². The molecule has 0 aliphatic carbocycles. The topological polar surface area (TPSA) is 58.3 Å². The molecule has 1 atom stereocenters. The largest absolute Gasteiger partial charge is 0.390 e. The summed E-state index contributed by atoms with van der Waals surface area (Å²) in [7, 11) is 0. The molecule has 84 valence electrons. The maximum Gasteiger partial charge on any atom is 0.0786 e. The van der Waals surface area contributed by atoms with Crippen molar-refractivity contribution in [2.75, 3.05) is 13.1 Å². The molecule has 15 heavy (non-hydrogen) atoms. The molecule has 3 nitrogen and oxygen atoms in total. The van der Waals surface area contributed by atoms with Gasteiger partial charge in [0.05, 0.1) is 6.10 Å². The molecule has 1 rings (SSSR count). The van der Waals surface area contributed by atoms with Gasteiger partial charge in [-0.15, -0.1) is 0 Å². The molecule has 1 aromatic carbocycles. The summed E-state index contributed by atoms with van der Waals surface area (Å²) in [6.07, 6.45) is -0.448. The van der Waals surface area contributed by atoms with Gasteiger partial charge >= 0.3 is 0 Å². The normalized spacial score (nSPS) is 12.8. The van der Waals surface area contributed by atoms with Crippen molar-refractivity contribution >= 4 is 0 Å². The van der Waals surface area contributed by atoms with Gasteiger partial charge in [0.2, 0.25) is 0 Å². The number of aliphatic hydroxyl groups is 1. The van der Waals surface area contributed by atoms with Crippen molar-refractivity contribution in [2.45, 2.75) is 26.5 Å². The molecule has 0 fully saturated rings. The lowest BCUT2D eigenvalue weighted by molar-refractivity contribution is 0.179. The standard InChI is InChI=1S/C12H20N2O/c1-9-3-4-11(10(2)5-9)7-14-8-12(15)6-13/h3-5,12,14-15H,6-8,13H2,1-2H3. The summed E-state index contributed by atoms with van der Waals surface area (Å²) in [6, 6.07) is 6.38. The first kappa shape index (κ1) is 12.2. The summed E-state index contributed by atoms with van der Waals surface area (Å²) in [5, 5.41) is 12.4. The molecule has 0 saturated heterocycles. The smallest absolute Gasteiger partial charge is 0.0786 e. The van der Waals surface area contributed by atoms with Gasteiger partial charge in [0, 0.05) is 19.6 Å². The Labute approximate surface area is 91.3 Å². The first-order valence-corrected chi connectivity index (χ1v) is 5.28. The lowest BCUT2D eigenvalue weighted by Crippen LogP contribution is -2.32. The zero-order valence-corrected chi connectivity index (χ0v) is 9.46. The molecule has 0 aliphatic heterocycles. The van der Waals surface area contributed by atoms with E-state index in [2.05, 4.69) is 37.4 Å². The summed E-state index contributed by atoms with van der Waals surface area (Å²) < 4.78 is 0. The van der Waals surface area contributed by atoms with E-state index in [-0.39, 0.29) is 0 Å². The van der Waals surface area contributed by atoms with Crippen molar-refractivity contribution in [1.29, 1.82) is 0 Å². The van der Waals surface area contributed by atoms with Crippen LogP contribution in [-0.2, 0) is 6.54 Å². The number of hydrogen-bond donors (Lipinski definition) is 3. The van der Waals surface area contributed by atoms with E-state index in [1.165, 1.54) is 16.7 Å². The lowest BCUT2D eigenvalue weighted by Gasteiger charge is -2.11. The molecule has 1 aromatic rings. The molecule has 0 spiro atoms. The highest BCUT2D eigenvalue weighted by Crippen LogP contribution is 2.09. The molecule has 0 aliphatic rings. The van der Waals surface area contributed by atoms with E-state index >= 15 is 0 Å². The molecule has 0 radical (unpaired) electrons. The summed E-state index contributed by atoms with van der Waals surface area (Å²) in [5.74, 6) is 0. The lowest BCUT2D eigenvalue weighted by atomic mass is 10.1. The van der Waals surface area contributed by atoms with Crippen LogP contribution in [-0.4, -0.2) is 24.3 Å². The Hall–Kier alpha value is -0.900. The number of aliphatic hydroxyl groups excluding tert-OH is 1. The Morgan fingerprint density at radius 2 is 2.13 bits per heavy atom. The Balaban J connectivity index is 2.44. The maximum atomic E-state index is 9.26. The summed E-state index contributed by atoms with van der Waals surface area (Å²) in [6.45, 7) is 5.82. The van der Waals surface area contributed by atoms with Gasteiger partial charge < -0.3 is 16.2 Å². The Morgan fingerprint density at radius 1 is 1.40 bits per heavy atom. The van der Waals surface area contributed by atoms with Crippen molar-refractivity contribution in [3.05, 3.63) is 34.9 Å². The van der Waals surface area contributed by atoms with Crippen molar-refractivity contribution in [3.63, 3.8) is 0 Å². The molecule has 0 saturated carbocycles. The highest BCUT2D eigenvalue weighted by molar-refractivity contribution is 5.30. The van der Waals surface area contributed by atoms with Gasteiger partial charge in [-0.2, -0.15) is 0 Å². The van der Waals surface area contributed by atoms with Crippen LogP contribution in [0.4, 0.5) is 0 Å². The van der Waals surface area contributed by atoms with E-state index < -0.39 is 6.10 Å². The average Bonchev–Trinajstić information content (AvgIpc) is 2.21. The zero-order chi connectivity index (χ0) is 11.3. The Kier molecular flexibility index (Phi) is 4.75. The Morgan fingerprint density at radius 3 is 2.73 bits per heavy atom. The van der Waals surface area contributed by atoms with E-state index in [1.807, 2.05) is 0 Å². The quantitative estimate of drug-likeness (QED) is 0.668. The minimum atomic E-state index is -0.448. The first-order valence-electron chi connectivity index (χ1n) is 5.28. The van der Waals surface area contributed by atoms with Gasteiger partial charge in [0.1, 0.15) is 0 Å². The van der Waals surface area contributed by atoms with E-state index in [4.69, 9.17) is 5.73 Å². The van der Waals surface area contributed by atoms with Crippen LogP contribution >= 0.6 is 0 Å². The molecule has 1 unspecified atom stereocenters. The number of rotatable bonds is 5. The molecule has 4 N–H and O–H groups in total. The summed E-state index contributed by atoms with van der Waals surface area (Å²) >= 11 is 0. The maximum absolute atomic E-state index is 9.26. The van der Waals surface area contributed by atoms with Gasteiger partial charge in [-0.1, -0.05) is 23.8 Å². The number of nitrogens with two attached hydrogens (primary N) is 1. The van der Waals surface area contributed by atoms with Crippen LogP contribution in [0.5, 0.6) is 0 Å². The monoisotopic (exact) mass is 208 g/mol. The van der Waals surface area contributed by atoms with Crippen molar-refractivity contribution in [3.8, 4) is 0 Å².